The van der Waals surface area contributed by atoms with Crippen LogP contribution in [-0.2, 0) is 11.5 Å². The number of hydrogen-bond acceptors (Lipinski definition) is 6. The lowest BCUT2D eigenvalue weighted by molar-refractivity contribution is 0.352. The van der Waals surface area contributed by atoms with E-state index in [4.69, 9.17) is 24.4 Å². The fraction of sp³-hybridized carbons (Fsp3) is 0.600. The smallest absolute Gasteiger partial charge is 0.147 e. The third-order valence-electron chi connectivity index (χ3n) is 4.96. The van der Waals surface area contributed by atoms with Crippen molar-refractivity contribution in [3.63, 3.8) is 0 Å². The van der Waals surface area contributed by atoms with Crippen LogP contribution in [0.3, 0.4) is 0 Å². The first-order chi connectivity index (χ1) is 13.7. The molecule has 1 aromatic carbocycles. The van der Waals surface area contributed by atoms with Gasteiger partial charge in [-0.15, -0.1) is 0 Å². The first-order valence-electron chi connectivity index (χ1n) is 9.97. The van der Waals surface area contributed by atoms with Gasteiger partial charge in [0.25, 0.3) is 0 Å². The molecule has 0 bridgehead atoms. The summed E-state index contributed by atoms with van der Waals surface area (Å²) in [5, 5.41) is 0. The number of likely N-dealkylation sites (tertiary alicyclic amines) is 2. The molecule has 0 saturated carbocycles. The third-order valence-corrected chi connectivity index (χ3v) is 10.9. The van der Waals surface area contributed by atoms with Gasteiger partial charge in [-0.3, -0.25) is 0 Å². The molecule has 0 atom stereocenters. The Morgan fingerprint density at radius 2 is 1.00 bits per heavy atom. The van der Waals surface area contributed by atoms with E-state index in [9.17, 15) is 0 Å². The van der Waals surface area contributed by atoms with Crippen molar-refractivity contribution in [3.05, 3.63) is 35.4 Å². The van der Waals surface area contributed by atoms with Crippen molar-refractivity contribution in [2.75, 3.05) is 26.2 Å². The third kappa shape index (κ3) is 7.91. The summed E-state index contributed by atoms with van der Waals surface area (Å²) in [5.74, 6) is 2.00. The van der Waals surface area contributed by atoms with Crippen LogP contribution in [0.4, 0.5) is 0 Å². The quantitative estimate of drug-likeness (QED) is 0.308. The van der Waals surface area contributed by atoms with E-state index in [-0.39, 0.29) is 0 Å². The molecule has 2 aliphatic rings. The van der Waals surface area contributed by atoms with Gasteiger partial charge in [0, 0.05) is 37.7 Å². The Morgan fingerprint density at radius 1 is 0.643 bits per heavy atom. The Hall–Kier alpha value is 0.400. The molecule has 0 aliphatic carbocycles. The summed E-state index contributed by atoms with van der Waals surface area (Å²) < 4.78 is 2.11. The van der Waals surface area contributed by atoms with Crippen LogP contribution in [0, 0.1) is 0 Å². The summed E-state index contributed by atoms with van der Waals surface area (Å²) in [5.41, 5.74) is 2.73. The molecule has 2 nitrogen and oxygen atoms in total. The summed E-state index contributed by atoms with van der Waals surface area (Å²) >= 11 is 11.2. The Morgan fingerprint density at radius 3 is 1.36 bits per heavy atom. The molecular weight excluding hydrogens is 461 g/mol. The van der Waals surface area contributed by atoms with E-state index in [1.807, 2.05) is 21.6 Å². The van der Waals surface area contributed by atoms with E-state index in [2.05, 4.69) is 34.1 Å². The molecule has 8 heteroatoms. The molecule has 3 rings (SSSR count). The molecule has 0 amide bonds. The Kier molecular flexibility index (Phi) is 10.7. The van der Waals surface area contributed by atoms with Gasteiger partial charge in [-0.2, -0.15) is 0 Å². The van der Waals surface area contributed by atoms with Crippen LogP contribution in [0.2, 0.25) is 0 Å². The average Bonchev–Trinajstić information content (AvgIpc) is 2.76. The maximum Gasteiger partial charge on any atom is 0.147 e. The monoisotopic (exact) mass is 488 g/mol. The van der Waals surface area contributed by atoms with Crippen molar-refractivity contribution in [2.45, 2.75) is 50.0 Å². The molecule has 2 heterocycles. The Balaban J connectivity index is 1.31. The Bertz CT molecular complexity index is 569. The van der Waals surface area contributed by atoms with Crippen LogP contribution in [0.1, 0.15) is 49.7 Å². The van der Waals surface area contributed by atoms with Crippen molar-refractivity contribution in [1.82, 2.24) is 9.80 Å². The number of hydrogen-bond donors (Lipinski definition) is 0. The van der Waals surface area contributed by atoms with Crippen molar-refractivity contribution >= 4 is 76.3 Å². The van der Waals surface area contributed by atoms with E-state index in [1.165, 1.54) is 49.7 Å². The zero-order valence-electron chi connectivity index (χ0n) is 16.1. The molecule has 1 aromatic rings. The van der Waals surface area contributed by atoms with E-state index < -0.39 is 0 Å². The molecule has 2 saturated heterocycles. The van der Waals surface area contributed by atoms with Crippen molar-refractivity contribution in [1.29, 1.82) is 0 Å². The number of piperidine rings is 2. The van der Waals surface area contributed by atoms with Gasteiger partial charge in [0.15, 0.2) is 0 Å². The van der Waals surface area contributed by atoms with Gasteiger partial charge < -0.3 is 9.80 Å². The maximum absolute atomic E-state index is 5.58. The molecule has 154 valence electrons. The van der Waals surface area contributed by atoms with Crippen molar-refractivity contribution in [2.24, 2.45) is 0 Å². The number of benzene rings is 1. The maximum atomic E-state index is 5.58. The topological polar surface area (TPSA) is 6.48 Å². The second kappa shape index (κ2) is 13.0. The molecule has 2 fully saturated rings. The molecule has 2 aliphatic heterocycles. The van der Waals surface area contributed by atoms with Crippen molar-refractivity contribution < 1.29 is 0 Å². The summed E-state index contributed by atoms with van der Waals surface area (Å²) in [6.45, 7) is 4.55. The van der Waals surface area contributed by atoms with Crippen LogP contribution in [0.15, 0.2) is 24.3 Å². The minimum atomic E-state index is 1.000. The zero-order valence-corrected chi connectivity index (χ0v) is 21.0. The van der Waals surface area contributed by atoms with Crippen LogP contribution in [0.25, 0.3) is 0 Å². The van der Waals surface area contributed by atoms with Crippen molar-refractivity contribution in [3.8, 4) is 0 Å². The first-order valence-corrected chi connectivity index (χ1v) is 15.4. The van der Waals surface area contributed by atoms with Crippen LogP contribution in [0.5, 0.6) is 0 Å². The molecule has 0 aromatic heterocycles. The average molecular weight is 489 g/mol. The summed E-state index contributed by atoms with van der Waals surface area (Å²) in [6, 6.07) is 9.00. The molecule has 0 N–H and O–H groups in total. The van der Waals surface area contributed by atoms with Gasteiger partial charge in [-0.25, -0.2) is 0 Å². The lowest BCUT2D eigenvalue weighted by Crippen LogP contribution is -2.32. The second-order valence-corrected chi connectivity index (χ2v) is 13.0. The molecule has 0 radical (unpaired) electrons. The van der Waals surface area contributed by atoms with E-state index in [0.717, 1.165) is 46.3 Å². The first kappa shape index (κ1) is 23.1. The normalized spacial score (nSPS) is 17.6. The van der Waals surface area contributed by atoms with E-state index in [0.29, 0.717) is 0 Å². The number of thiocarbonyl (C=S) groups is 2. The summed E-state index contributed by atoms with van der Waals surface area (Å²) in [7, 11) is 7.23. The lowest BCUT2D eigenvalue weighted by atomic mass is 10.1. The number of rotatable bonds is 6. The minimum absolute atomic E-state index is 1.000. The van der Waals surface area contributed by atoms with Gasteiger partial charge in [0.05, 0.1) is 0 Å². The lowest BCUT2D eigenvalue weighted by Gasteiger charge is -2.28. The highest BCUT2D eigenvalue weighted by atomic mass is 33.1. The highest BCUT2D eigenvalue weighted by molar-refractivity contribution is 8.83. The standard InChI is InChI=1S/C20H28N2S6/c23-19(21-11-3-1-4-12-21)27-25-15-17-7-9-18(10-8-17)16-26-28-20(24)22-13-5-2-6-14-22/h7-10H,1-6,11-16H2. The van der Waals surface area contributed by atoms with Crippen LogP contribution >= 0.6 is 67.6 Å². The zero-order chi connectivity index (χ0) is 19.6. The number of nitrogens with zero attached hydrogens (tertiary/aromatic N) is 2. The highest BCUT2D eigenvalue weighted by Gasteiger charge is 2.15. The minimum Gasteiger partial charge on any atom is -0.357 e. The Labute approximate surface area is 196 Å². The molecule has 28 heavy (non-hydrogen) atoms. The molecule has 0 spiro atoms. The van der Waals surface area contributed by atoms with Crippen LogP contribution < -0.4 is 0 Å². The van der Waals surface area contributed by atoms with Gasteiger partial charge in [0.2, 0.25) is 0 Å². The SMILES string of the molecule is S=C(SSCc1ccc(CSSC(=S)N2CCCCC2)cc1)N1CCCCC1. The fourth-order valence-corrected chi connectivity index (χ4v) is 8.48. The largest absolute Gasteiger partial charge is 0.357 e. The van der Waals surface area contributed by atoms with Gasteiger partial charge >= 0.3 is 0 Å². The van der Waals surface area contributed by atoms with Crippen LogP contribution in [-0.4, -0.2) is 44.6 Å². The van der Waals surface area contributed by atoms with Gasteiger partial charge in [0.1, 0.15) is 8.64 Å². The van der Waals surface area contributed by atoms with Gasteiger partial charge in [-0.1, -0.05) is 70.3 Å². The van der Waals surface area contributed by atoms with E-state index >= 15 is 0 Å². The van der Waals surface area contributed by atoms with E-state index in [1.54, 1.807) is 21.6 Å². The van der Waals surface area contributed by atoms with Gasteiger partial charge in [-0.05, 0) is 71.2 Å². The predicted octanol–water partition coefficient (Wildman–Crippen LogP) is 6.99. The summed E-state index contributed by atoms with van der Waals surface area (Å²) in [4.78, 5) is 4.73. The fourth-order valence-electron chi connectivity index (χ4n) is 3.29. The highest BCUT2D eigenvalue weighted by Crippen LogP contribution is 2.32. The summed E-state index contributed by atoms with van der Waals surface area (Å²) in [6.07, 6.45) is 7.84. The predicted molar refractivity (Wildman–Crippen MR) is 140 cm³/mol. The molecular formula is C20H28N2S6. The molecule has 0 unspecified atom stereocenters. The second-order valence-electron chi connectivity index (χ2n) is 7.13.